The van der Waals surface area contributed by atoms with E-state index in [1.54, 1.807) is 13.4 Å². The Kier molecular flexibility index (Phi) is 7.01. The van der Waals surface area contributed by atoms with Crippen molar-refractivity contribution in [2.24, 2.45) is 0 Å². The van der Waals surface area contributed by atoms with Crippen molar-refractivity contribution >= 4 is 17.7 Å². The maximum atomic E-state index is 11.9. The molecule has 1 aromatic heterocycles. The fourth-order valence-corrected chi connectivity index (χ4v) is 2.26. The number of rotatable bonds is 9. The second-order valence-electron chi connectivity index (χ2n) is 5.23. The first-order valence-electron chi connectivity index (χ1n) is 6.79. The van der Waals surface area contributed by atoms with Crippen LogP contribution >= 0.6 is 11.8 Å². The lowest BCUT2D eigenvalue weighted by atomic mass is 10.0. The van der Waals surface area contributed by atoms with Crippen molar-refractivity contribution in [1.29, 1.82) is 0 Å². The van der Waals surface area contributed by atoms with Gasteiger partial charge in [0.25, 0.3) is 0 Å². The van der Waals surface area contributed by atoms with E-state index in [2.05, 4.69) is 22.4 Å². The maximum absolute atomic E-state index is 11.9. The number of hydrogen-bond acceptors (Lipinski definition) is 5. The number of nitrogens with zero attached hydrogens (tertiary/aromatic N) is 3. The molecule has 6 nitrogen and oxygen atoms in total. The average Bonchev–Trinajstić information content (AvgIpc) is 2.84. The number of hydrogen-bond donors (Lipinski definition) is 1. The number of nitrogens with one attached hydrogen (secondary N) is 1. The molecule has 0 aliphatic rings. The third-order valence-corrected chi connectivity index (χ3v) is 4.00. The maximum Gasteiger partial charge on any atom is 0.230 e. The topological polar surface area (TPSA) is 69.0 Å². The number of carbonyl (C=O) groups is 1. The first-order valence-corrected chi connectivity index (χ1v) is 7.77. The summed E-state index contributed by atoms with van der Waals surface area (Å²) in [6.07, 6.45) is 3.49. The number of amides is 1. The lowest BCUT2D eigenvalue weighted by Gasteiger charge is -2.24. The van der Waals surface area contributed by atoms with E-state index in [0.717, 1.165) is 24.5 Å². The molecule has 0 saturated heterocycles. The average molecular weight is 300 g/mol. The molecule has 0 fully saturated rings. The van der Waals surface area contributed by atoms with E-state index >= 15 is 0 Å². The smallest absolute Gasteiger partial charge is 0.230 e. The van der Waals surface area contributed by atoms with Crippen LogP contribution in [0.25, 0.3) is 0 Å². The van der Waals surface area contributed by atoms with Gasteiger partial charge in [-0.2, -0.15) is 0 Å². The highest BCUT2D eigenvalue weighted by molar-refractivity contribution is 7.99. The van der Waals surface area contributed by atoms with Gasteiger partial charge < -0.3 is 14.6 Å². The molecule has 0 atom stereocenters. The Morgan fingerprint density at radius 1 is 1.55 bits per heavy atom. The monoisotopic (exact) mass is 300 g/mol. The van der Waals surface area contributed by atoms with E-state index in [9.17, 15) is 4.79 Å². The molecular formula is C13H24N4O2S. The standard InChI is InChI=1S/C13H24N4O2S/c1-5-13(2,3)15-11(18)9-20-12-16-14-10-17(12)7-6-8-19-4/h10H,5-9H2,1-4H3,(H,15,18). The highest BCUT2D eigenvalue weighted by Gasteiger charge is 2.18. The molecule has 0 spiro atoms. The fourth-order valence-electron chi connectivity index (χ4n) is 1.52. The van der Waals surface area contributed by atoms with Crippen LogP contribution < -0.4 is 5.32 Å². The third kappa shape index (κ3) is 5.92. The largest absolute Gasteiger partial charge is 0.385 e. The van der Waals surface area contributed by atoms with Gasteiger partial charge in [0.2, 0.25) is 5.91 Å². The Labute approximate surface area is 124 Å². The van der Waals surface area contributed by atoms with Gasteiger partial charge in [-0.25, -0.2) is 0 Å². The summed E-state index contributed by atoms with van der Waals surface area (Å²) in [7, 11) is 1.68. The van der Waals surface area contributed by atoms with Crippen LogP contribution in [0, 0.1) is 0 Å². The fraction of sp³-hybridized carbons (Fsp3) is 0.769. The van der Waals surface area contributed by atoms with Crippen LogP contribution in [-0.4, -0.2) is 45.7 Å². The van der Waals surface area contributed by atoms with Crippen molar-refractivity contribution in [2.75, 3.05) is 19.5 Å². The van der Waals surface area contributed by atoms with Gasteiger partial charge in [-0.3, -0.25) is 4.79 Å². The van der Waals surface area contributed by atoms with Crippen molar-refractivity contribution in [3.8, 4) is 0 Å². The highest BCUT2D eigenvalue weighted by Crippen LogP contribution is 2.15. The molecule has 0 aliphatic carbocycles. The van der Waals surface area contributed by atoms with Crippen LogP contribution in [0.4, 0.5) is 0 Å². The second-order valence-corrected chi connectivity index (χ2v) is 6.17. The van der Waals surface area contributed by atoms with E-state index in [4.69, 9.17) is 4.74 Å². The Morgan fingerprint density at radius 2 is 2.30 bits per heavy atom. The molecule has 1 N–H and O–H groups in total. The highest BCUT2D eigenvalue weighted by atomic mass is 32.2. The third-order valence-electron chi connectivity index (χ3n) is 3.02. The Hall–Kier alpha value is -1.08. The summed E-state index contributed by atoms with van der Waals surface area (Å²) in [6, 6.07) is 0. The molecule has 0 radical (unpaired) electrons. The number of carbonyl (C=O) groups excluding carboxylic acids is 1. The van der Waals surface area contributed by atoms with Gasteiger partial charge in [0.1, 0.15) is 6.33 Å². The number of aromatic nitrogens is 3. The first-order chi connectivity index (χ1) is 9.48. The SMILES string of the molecule is CCC(C)(C)NC(=O)CSc1nncn1CCCOC. The van der Waals surface area contributed by atoms with E-state index < -0.39 is 0 Å². The van der Waals surface area contributed by atoms with Crippen molar-refractivity contribution in [3.05, 3.63) is 6.33 Å². The summed E-state index contributed by atoms with van der Waals surface area (Å²) in [5, 5.41) is 11.7. The van der Waals surface area contributed by atoms with Crippen LogP contribution in [0.2, 0.25) is 0 Å². The number of aryl methyl sites for hydroxylation is 1. The second kappa shape index (κ2) is 8.26. The zero-order valence-electron chi connectivity index (χ0n) is 12.7. The quantitative estimate of drug-likeness (QED) is 0.555. The normalized spacial score (nSPS) is 11.6. The molecule has 1 amide bonds. The number of methoxy groups -OCH3 is 1. The van der Waals surface area contributed by atoms with Gasteiger partial charge in [0, 0.05) is 25.8 Å². The predicted molar refractivity (Wildman–Crippen MR) is 79.8 cm³/mol. The summed E-state index contributed by atoms with van der Waals surface area (Å²) in [5.41, 5.74) is -0.163. The van der Waals surface area contributed by atoms with Gasteiger partial charge in [0.05, 0.1) is 5.75 Å². The number of thioether (sulfide) groups is 1. The lowest BCUT2D eigenvalue weighted by molar-refractivity contribution is -0.120. The zero-order valence-corrected chi connectivity index (χ0v) is 13.5. The van der Waals surface area contributed by atoms with Crippen molar-refractivity contribution in [2.45, 2.75) is 50.9 Å². The van der Waals surface area contributed by atoms with Crippen molar-refractivity contribution < 1.29 is 9.53 Å². The van der Waals surface area contributed by atoms with Gasteiger partial charge in [-0.15, -0.1) is 10.2 Å². The Balaban J connectivity index is 2.41. The van der Waals surface area contributed by atoms with Gasteiger partial charge in [-0.05, 0) is 26.7 Å². The number of ether oxygens (including phenoxy) is 1. The molecule has 0 unspecified atom stereocenters. The summed E-state index contributed by atoms with van der Waals surface area (Å²) >= 11 is 1.41. The van der Waals surface area contributed by atoms with E-state index in [-0.39, 0.29) is 11.4 Å². The summed E-state index contributed by atoms with van der Waals surface area (Å²) < 4.78 is 6.97. The molecule has 0 aromatic carbocycles. The van der Waals surface area contributed by atoms with Crippen LogP contribution in [0.3, 0.4) is 0 Å². The Bertz CT molecular complexity index is 420. The lowest BCUT2D eigenvalue weighted by Crippen LogP contribution is -2.43. The first kappa shape index (κ1) is 17.0. The van der Waals surface area contributed by atoms with Crippen molar-refractivity contribution in [1.82, 2.24) is 20.1 Å². The summed E-state index contributed by atoms with van der Waals surface area (Å²) in [4.78, 5) is 11.9. The predicted octanol–water partition coefficient (Wildman–Crippen LogP) is 1.71. The molecular weight excluding hydrogens is 276 g/mol. The minimum absolute atomic E-state index is 0.0216. The Morgan fingerprint density at radius 3 is 2.95 bits per heavy atom. The molecule has 0 aliphatic heterocycles. The van der Waals surface area contributed by atoms with Crippen LogP contribution in [-0.2, 0) is 16.1 Å². The molecule has 114 valence electrons. The zero-order chi connectivity index (χ0) is 15.0. The molecule has 0 saturated carbocycles. The van der Waals surface area contributed by atoms with Gasteiger partial charge >= 0.3 is 0 Å². The molecule has 1 heterocycles. The van der Waals surface area contributed by atoms with Gasteiger partial charge in [0.15, 0.2) is 5.16 Å². The van der Waals surface area contributed by atoms with Crippen LogP contribution in [0.5, 0.6) is 0 Å². The van der Waals surface area contributed by atoms with Gasteiger partial charge in [-0.1, -0.05) is 18.7 Å². The minimum Gasteiger partial charge on any atom is -0.385 e. The van der Waals surface area contributed by atoms with E-state index in [1.165, 1.54) is 11.8 Å². The van der Waals surface area contributed by atoms with Crippen LogP contribution in [0.15, 0.2) is 11.5 Å². The minimum atomic E-state index is -0.163. The molecule has 20 heavy (non-hydrogen) atoms. The molecule has 1 aromatic rings. The van der Waals surface area contributed by atoms with Crippen molar-refractivity contribution in [3.63, 3.8) is 0 Å². The molecule has 7 heteroatoms. The summed E-state index contributed by atoms with van der Waals surface area (Å²) in [5.74, 6) is 0.375. The molecule has 0 bridgehead atoms. The van der Waals surface area contributed by atoms with Crippen LogP contribution in [0.1, 0.15) is 33.6 Å². The summed E-state index contributed by atoms with van der Waals surface area (Å²) in [6.45, 7) is 7.59. The van der Waals surface area contributed by atoms with E-state index in [0.29, 0.717) is 12.4 Å². The molecule has 1 rings (SSSR count). The van der Waals surface area contributed by atoms with E-state index in [1.807, 2.05) is 18.4 Å².